The quantitative estimate of drug-likeness (QED) is 0.725. The zero-order chi connectivity index (χ0) is 13.8. The fourth-order valence-electron chi connectivity index (χ4n) is 2.64. The van der Waals surface area contributed by atoms with Crippen LogP contribution >= 0.6 is 12.4 Å². The van der Waals surface area contributed by atoms with Gasteiger partial charge in [-0.2, -0.15) is 0 Å². The van der Waals surface area contributed by atoms with Crippen LogP contribution in [0.1, 0.15) is 53.4 Å². The topological polar surface area (TPSA) is 61.4 Å². The third kappa shape index (κ3) is 6.11. The molecule has 0 aromatic rings. The van der Waals surface area contributed by atoms with E-state index in [4.69, 9.17) is 0 Å². The minimum absolute atomic E-state index is 0. The summed E-state index contributed by atoms with van der Waals surface area (Å²) in [4.78, 5) is 12.2. The van der Waals surface area contributed by atoms with Gasteiger partial charge in [-0.05, 0) is 51.5 Å². The molecule has 1 heterocycles. The molecule has 0 saturated carbocycles. The highest BCUT2D eigenvalue weighted by atomic mass is 35.5. The van der Waals surface area contributed by atoms with Crippen molar-refractivity contribution < 1.29 is 9.90 Å². The summed E-state index contributed by atoms with van der Waals surface area (Å²) in [6.45, 7) is 9.42. The molecule has 5 heteroatoms. The molecule has 1 rings (SSSR count). The van der Waals surface area contributed by atoms with Crippen molar-refractivity contribution in [1.29, 1.82) is 0 Å². The van der Waals surface area contributed by atoms with E-state index in [0.29, 0.717) is 13.0 Å². The number of hydrogen-bond donors (Lipinski definition) is 3. The zero-order valence-electron chi connectivity index (χ0n) is 12.6. The molecule has 1 saturated heterocycles. The summed E-state index contributed by atoms with van der Waals surface area (Å²) >= 11 is 0. The lowest BCUT2D eigenvalue weighted by molar-refractivity contribution is -0.128. The van der Waals surface area contributed by atoms with Crippen molar-refractivity contribution in [2.24, 2.45) is 5.41 Å². The third-order valence-corrected chi connectivity index (χ3v) is 3.70. The second-order valence-electron chi connectivity index (χ2n) is 6.62. The maximum atomic E-state index is 12.2. The lowest BCUT2D eigenvalue weighted by Gasteiger charge is -2.35. The van der Waals surface area contributed by atoms with Crippen molar-refractivity contribution in [2.45, 2.75) is 65.0 Å². The van der Waals surface area contributed by atoms with Gasteiger partial charge in [0.25, 0.3) is 0 Å². The third-order valence-electron chi connectivity index (χ3n) is 3.70. The molecule has 0 radical (unpaired) electrons. The Labute approximate surface area is 123 Å². The van der Waals surface area contributed by atoms with Crippen molar-refractivity contribution in [2.75, 3.05) is 13.1 Å². The molecular formula is C14H29ClN2O2. The van der Waals surface area contributed by atoms with E-state index in [1.807, 2.05) is 6.92 Å². The highest BCUT2D eigenvalue weighted by Gasteiger charge is 2.34. The van der Waals surface area contributed by atoms with E-state index in [1.165, 1.54) is 0 Å². The van der Waals surface area contributed by atoms with Gasteiger partial charge in [-0.25, -0.2) is 0 Å². The summed E-state index contributed by atoms with van der Waals surface area (Å²) in [5.74, 6) is 0.0841. The molecule has 0 spiro atoms. The molecule has 2 atom stereocenters. The normalized spacial score (nSPS) is 25.3. The molecule has 0 bridgehead atoms. The van der Waals surface area contributed by atoms with Gasteiger partial charge in [-0.15, -0.1) is 12.4 Å². The molecule has 0 aliphatic carbocycles. The Kier molecular flexibility index (Phi) is 7.33. The predicted molar refractivity (Wildman–Crippen MR) is 80.6 cm³/mol. The number of rotatable bonds is 5. The summed E-state index contributed by atoms with van der Waals surface area (Å²) in [5, 5.41) is 15.8. The molecule has 1 fully saturated rings. The molecule has 114 valence electrons. The first-order chi connectivity index (χ1) is 8.25. The van der Waals surface area contributed by atoms with Crippen molar-refractivity contribution in [3.63, 3.8) is 0 Å². The van der Waals surface area contributed by atoms with Crippen LogP contribution in [-0.4, -0.2) is 35.7 Å². The second kappa shape index (κ2) is 7.46. The molecule has 19 heavy (non-hydrogen) atoms. The summed E-state index contributed by atoms with van der Waals surface area (Å²) in [7, 11) is 0. The molecule has 4 nitrogen and oxygen atoms in total. The van der Waals surface area contributed by atoms with E-state index < -0.39 is 5.54 Å². The van der Waals surface area contributed by atoms with Gasteiger partial charge in [0, 0.05) is 6.54 Å². The number of hydrogen-bond acceptors (Lipinski definition) is 3. The average molecular weight is 293 g/mol. The summed E-state index contributed by atoms with van der Waals surface area (Å²) < 4.78 is 0. The van der Waals surface area contributed by atoms with Crippen LogP contribution < -0.4 is 10.6 Å². The van der Waals surface area contributed by atoms with Crippen LogP contribution in [0.4, 0.5) is 0 Å². The Morgan fingerprint density at radius 3 is 2.58 bits per heavy atom. The zero-order valence-corrected chi connectivity index (χ0v) is 13.4. The van der Waals surface area contributed by atoms with Crippen LogP contribution in [0.3, 0.4) is 0 Å². The average Bonchev–Trinajstić information content (AvgIpc) is 2.25. The highest BCUT2D eigenvalue weighted by Crippen LogP contribution is 2.23. The Bertz CT molecular complexity index is 287. The summed E-state index contributed by atoms with van der Waals surface area (Å²) in [6.07, 6.45) is 3.51. The minimum Gasteiger partial charge on any atom is -0.393 e. The van der Waals surface area contributed by atoms with Gasteiger partial charge in [0.1, 0.15) is 0 Å². The highest BCUT2D eigenvalue weighted by molar-refractivity contribution is 5.86. The molecule has 0 aromatic heterocycles. The number of carbonyl (C=O) groups is 1. The van der Waals surface area contributed by atoms with Crippen molar-refractivity contribution in [3.05, 3.63) is 0 Å². The maximum Gasteiger partial charge on any atom is 0.240 e. The SMILES string of the molecule is CC(O)CC(C)(C)CNC(=O)C1(C)CCCCN1.Cl. The van der Waals surface area contributed by atoms with Gasteiger partial charge in [0.15, 0.2) is 0 Å². The van der Waals surface area contributed by atoms with Crippen LogP contribution in [0.5, 0.6) is 0 Å². The summed E-state index contributed by atoms with van der Waals surface area (Å²) in [6, 6.07) is 0. The molecule has 1 amide bonds. The van der Waals surface area contributed by atoms with Crippen molar-refractivity contribution >= 4 is 18.3 Å². The molecule has 1 aliphatic heterocycles. The van der Waals surface area contributed by atoms with E-state index >= 15 is 0 Å². The first-order valence-corrected chi connectivity index (χ1v) is 6.97. The van der Waals surface area contributed by atoms with E-state index in [1.54, 1.807) is 6.92 Å². The largest absolute Gasteiger partial charge is 0.393 e. The number of aliphatic hydroxyl groups is 1. The number of carbonyl (C=O) groups excluding carboxylic acids is 1. The number of piperidine rings is 1. The van der Waals surface area contributed by atoms with Gasteiger partial charge in [0.05, 0.1) is 11.6 Å². The molecule has 2 unspecified atom stereocenters. The van der Waals surface area contributed by atoms with Gasteiger partial charge >= 0.3 is 0 Å². The molecule has 3 N–H and O–H groups in total. The Balaban J connectivity index is 0.00000324. The first-order valence-electron chi connectivity index (χ1n) is 6.97. The number of aliphatic hydroxyl groups excluding tert-OH is 1. The van der Waals surface area contributed by atoms with Crippen LogP contribution in [0.2, 0.25) is 0 Å². The molecular weight excluding hydrogens is 264 g/mol. The van der Waals surface area contributed by atoms with Crippen molar-refractivity contribution in [1.82, 2.24) is 10.6 Å². The first kappa shape index (κ1) is 18.7. The van der Waals surface area contributed by atoms with Crippen molar-refractivity contribution in [3.8, 4) is 0 Å². The molecule has 0 aromatic carbocycles. The minimum atomic E-state index is -0.417. The fraction of sp³-hybridized carbons (Fsp3) is 0.929. The number of amides is 1. The Hall–Kier alpha value is -0.320. The monoisotopic (exact) mass is 292 g/mol. The standard InChI is InChI=1S/C14H28N2O2.ClH/c1-11(17)9-13(2,3)10-15-12(18)14(4)7-5-6-8-16-14;/h11,16-17H,5-10H2,1-4H3,(H,15,18);1H. The van der Waals surface area contributed by atoms with E-state index in [-0.39, 0.29) is 29.8 Å². The number of nitrogens with one attached hydrogen (secondary N) is 2. The Morgan fingerprint density at radius 2 is 2.11 bits per heavy atom. The van der Waals surface area contributed by atoms with Gasteiger partial charge < -0.3 is 15.7 Å². The van der Waals surface area contributed by atoms with E-state index in [0.717, 1.165) is 25.8 Å². The maximum absolute atomic E-state index is 12.2. The lowest BCUT2D eigenvalue weighted by Crippen LogP contribution is -2.57. The van der Waals surface area contributed by atoms with Crippen LogP contribution in [0.25, 0.3) is 0 Å². The predicted octanol–water partition coefficient (Wildman–Crippen LogP) is 1.85. The van der Waals surface area contributed by atoms with E-state index in [2.05, 4.69) is 24.5 Å². The van der Waals surface area contributed by atoms with Gasteiger partial charge in [-0.1, -0.05) is 13.8 Å². The van der Waals surface area contributed by atoms with Crippen LogP contribution in [-0.2, 0) is 4.79 Å². The van der Waals surface area contributed by atoms with E-state index in [9.17, 15) is 9.90 Å². The molecule has 1 aliphatic rings. The van der Waals surface area contributed by atoms with Crippen LogP contribution in [0.15, 0.2) is 0 Å². The number of halogens is 1. The smallest absolute Gasteiger partial charge is 0.240 e. The summed E-state index contributed by atoms with van der Waals surface area (Å²) in [5.41, 5.74) is -0.492. The second-order valence-corrected chi connectivity index (χ2v) is 6.62. The lowest BCUT2D eigenvalue weighted by atomic mass is 9.85. The van der Waals surface area contributed by atoms with Gasteiger partial charge in [0.2, 0.25) is 5.91 Å². The Morgan fingerprint density at radius 1 is 1.47 bits per heavy atom. The fourth-order valence-corrected chi connectivity index (χ4v) is 2.64. The van der Waals surface area contributed by atoms with Gasteiger partial charge in [-0.3, -0.25) is 4.79 Å². The van der Waals surface area contributed by atoms with Crippen LogP contribution in [0, 0.1) is 5.41 Å².